The van der Waals surface area contributed by atoms with Crippen LogP contribution in [0, 0.1) is 13.8 Å². The Hall–Kier alpha value is -3.02. The maximum Gasteiger partial charge on any atom is 0.364 e. The van der Waals surface area contributed by atoms with Gasteiger partial charge >= 0.3 is 5.97 Å². The number of benzene rings is 1. The standard InChI is InChI=1S/C16H12N2O4/c1-9-7-11(8-10(2)17-9)16(21)22-18-14(19)12-5-3-4-6-13(12)15(18)20/h3-8H,1-2H3. The Morgan fingerprint density at radius 1 is 1.00 bits per heavy atom. The first-order valence-corrected chi connectivity index (χ1v) is 6.63. The fourth-order valence-corrected chi connectivity index (χ4v) is 2.34. The van der Waals surface area contributed by atoms with Crippen molar-refractivity contribution in [3.63, 3.8) is 0 Å². The maximum atomic E-state index is 12.2. The third-order valence-corrected chi connectivity index (χ3v) is 3.25. The Labute approximate surface area is 126 Å². The summed E-state index contributed by atoms with van der Waals surface area (Å²) in [6, 6.07) is 9.39. The second-order valence-electron chi connectivity index (χ2n) is 4.97. The van der Waals surface area contributed by atoms with E-state index in [1.807, 2.05) is 0 Å². The summed E-state index contributed by atoms with van der Waals surface area (Å²) >= 11 is 0. The minimum absolute atomic E-state index is 0.224. The number of aromatic nitrogens is 1. The average molecular weight is 296 g/mol. The molecule has 0 saturated carbocycles. The Balaban J connectivity index is 1.87. The van der Waals surface area contributed by atoms with Crippen LogP contribution in [0.3, 0.4) is 0 Å². The predicted octanol–water partition coefficient (Wildman–Crippen LogP) is 2.07. The van der Waals surface area contributed by atoms with Crippen LogP contribution >= 0.6 is 0 Å². The number of fused-ring (bicyclic) bond motifs is 1. The number of amides is 2. The van der Waals surface area contributed by atoms with Crippen LogP contribution in [0.1, 0.15) is 42.5 Å². The highest BCUT2D eigenvalue weighted by molar-refractivity contribution is 6.21. The van der Waals surface area contributed by atoms with Gasteiger partial charge in [0.05, 0.1) is 16.7 Å². The van der Waals surface area contributed by atoms with Crippen LogP contribution < -0.4 is 0 Å². The summed E-state index contributed by atoms with van der Waals surface area (Å²) in [4.78, 5) is 45.5. The molecule has 1 aromatic carbocycles. The summed E-state index contributed by atoms with van der Waals surface area (Å²) < 4.78 is 0. The molecule has 0 atom stereocenters. The van der Waals surface area contributed by atoms with Crippen molar-refractivity contribution in [2.24, 2.45) is 0 Å². The number of aryl methyl sites for hydroxylation is 2. The highest BCUT2D eigenvalue weighted by atomic mass is 16.7. The van der Waals surface area contributed by atoms with Gasteiger partial charge in [0.15, 0.2) is 0 Å². The molecule has 6 heteroatoms. The van der Waals surface area contributed by atoms with Gasteiger partial charge in [0.25, 0.3) is 11.8 Å². The van der Waals surface area contributed by atoms with E-state index in [4.69, 9.17) is 4.84 Å². The second kappa shape index (κ2) is 5.07. The van der Waals surface area contributed by atoms with E-state index >= 15 is 0 Å². The smallest absolute Gasteiger partial charge is 0.324 e. The van der Waals surface area contributed by atoms with Crippen LogP contribution in [0.15, 0.2) is 36.4 Å². The zero-order valence-corrected chi connectivity index (χ0v) is 12.0. The molecule has 1 aliphatic rings. The number of rotatable bonds is 2. The molecule has 2 amide bonds. The topological polar surface area (TPSA) is 76.6 Å². The van der Waals surface area contributed by atoms with E-state index < -0.39 is 17.8 Å². The monoisotopic (exact) mass is 296 g/mol. The van der Waals surface area contributed by atoms with E-state index in [9.17, 15) is 14.4 Å². The number of hydrogen-bond donors (Lipinski definition) is 0. The number of hydrogen-bond acceptors (Lipinski definition) is 5. The van der Waals surface area contributed by atoms with Crippen molar-refractivity contribution in [1.29, 1.82) is 0 Å². The quantitative estimate of drug-likeness (QED) is 0.793. The van der Waals surface area contributed by atoms with Gasteiger partial charge in [-0.3, -0.25) is 14.6 Å². The predicted molar refractivity (Wildman–Crippen MR) is 76.1 cm³/mol. The van der Waals surface area contributed by atoms with Gasteiger partial charge < -0.3 is 4.84 Å². The largest absolute Gasteiger partial charge is 0.364 e. The minimum Gasteiger partial charge on any atom is -0.324 e. The van der Waals surface area contributed by atoms with E-state index in [0.717, 1.165) is 0 Å². The van der Waals surface area contributed by atoms with Gasteiger partial charge in [-0.15, -0.1) is 0 Å². The number of hydroxylamine groups is 2. The molecule has 0 radical (unpaired) electrons. The summed E-state index contributed by atoms with van der Waals surface area (Å²) in [6.07, 6.45) is 0. The first-order valence-electron chi connectivity index (χ1n) is 6.63. The number of carbonyl (C=O) groups excluding carboxylic acids is 3. The lowest BCUT2D eigenvalue weighted by Crippen LogP contribution is -2.32. The molecule has 0 bridgehead atoms. The Kier molecular flexibility index (Phi) is 3.21. The molecule has 1 aliphatic heterocycles. The normalized spacial score (nSPS) is 13.3. The molecule has 22 heavy (non-hydrogen) atoms. The zero-order valence-electron chi connectivity index (χ0n) is 12.0. The Morgan fingerprint density at radius 2 is 1.50 bits per heavy atom. The molecule has 0 spiro atoms. The van der Waals surface area contributed by atoms with E-state index in [1.165, 1.54) is 24.3 Å². The SMILES string of the molecule is Cc1cc(C(=O)ON2C(=O)c3ccccc3C2=O)cc(C)n1. The molecule has 0 fully saturated rings. The van der Waals surface area contributed by atoms with E-state index in [-0.39, 0.29) is 16.7 Å². The third kappa shape index (κ3) is 2.24. The van der Waals surface area contributed by atoms with Gasteiger partial charge in [-0.2, -0.15) is 0 Å². The van der Waals surface area contributed by atoms with Crippen molar-refractivity contribution in [3.05, 3.63) is 64.5 Å². The van der Waals surface area contributed by atoms with E-state index in [1.54, 1.807) is 26.0 Å². The molecule has 2 aromatic rings. The summed E-state index contributed by atoms with van der Waals surface area (Å²) in [5.74, 6) is -2.06. The van der Waals surface area contributed by atoms with Gasteiger partial charge in [0.2, 0.25) is 0 Å². The Morgan fingerprint density at radius 3 is 2.00 bits per heavy atom. The minimum atomic E-state index is -0.775. The lowest BCUT2D eigenvalue weighted by molar-refractivity contribution is -0.0584. The number of carbonyl (C=O) groups is 3. The molecule has 2 heterocycles. The highest BCUT2D eigenvalue weighted by Crippen LogP contribution is 2.23. The third-order valence-electron chi connectivity index (χ3n) is 3.25. The van der Waals surface area contributed by atoms with Crippen molar-refractivity contribution in [2.45, 2.75) is 13.8 Å². The van der Waals surface area contributed by atoms with Gasteiger partial charge in [-0.05, 0) is 38.1 Å². The van der Waals surface area contributed by atoms with Crippen LogP contribution in [0.5, 0.6) is 0 Å². The van der Waals surface area contributed by atoms with Crippen LogP contribution in [-0.4, -0.2) is 27.8 Å². The lowest BCUT2D eigenvalue weighted by atomic mass is 10.1. The lowest BCUT2D eigenvalue weighted by Gasteiger charge is -2.13. The maximum absolute atomic E-state index is 12.2. The molecule has 1 aromatic heterocycles. The first kappa shape index (κ1) is 13.9. The molecule has 0 unspecified atom stereocenters. The summed E-state index contributed by atoms with van der Waals surface area (Å²) in [5, 5.41) is 0.498. The number of imide groups is 1. The second-order valence-corrected chi connectivity index (χ2v) is 4.97. The van der Waals surface area contributed by atoms with Crippen LogP contribution in [0.25, 0.3) is 0 Å². The highest BCUT2D eigenvalue weighted by Gasteiger charge is 2.38. The first-order chi connectivity index (χ1) is 10.5. The molecule has 0 aliphatic carbocycles. The molecule has 0 saturated heterocycles. The Bertz CT molecular complexity index is 758. The van der Waals surface area contributed by atoms with Crippen molar-refractivity contribution < 1.29 is 19.2 Å². The zero-order chi connectivity index (χ0) is 15.9. The molecular formula is C16H12N2O4. The van der Waals surface area contributed by atoms with Crippen molar-refractivity contribution in [3.8, 4) is 0 Å². The van der Waals surface area contributed by atoms with Crippen molar-refractivity contribution in [2.75, 3.05) is 0 Å². The molecule has 6 nitrogen and oxygen atoms in total. The van der Waals surface area contributed by atoms with Crippen molar-refractivity contribution >= 4 is 17.8 Å². The number of pyridine rings is 1. The fourth-order valence-electron chi connectivity index (χ4n) is 2.34. The summed E-state index contributed by atoms with van der Waals surface area (Å²) in [5.41, 5.74) is 1.98. The van der Waals surface area contributed by atoms with Crippen LogP contribution in [0.4, 0.5) is 0 Å². The molecular weight excluding hydrogens is 284 g/mol. The molecule has 110 valence electrons. The summed E-state index contributed by atoms with van der Waals surface area (Å²) in [7, 11) is 0. The van der Waals surface area contributed by atoms with Crippen LogP contribution in [-0.2, 0) is 4.84 Å². The molecule has 3 rings (SSSR count). The van der Waals surface area contributed by atoms with Gasteiger partial charge in [-0.1, -0.05) is 17.2 Å². The summed E-state index contributed by atoms with van der Waals surface area (Å²) in [6.45, 7) is 3.48. The van der Waals surface area contributed by atoms with E-state index in [0.29, 0.717) is 16.5 Å². The fraction of sp³-hybridized carbons (Fsp3) is 0.125. The average Bonchev–Trinajstić information content (AvgIpc) is 2.72. The van der Waals surface area contributed by atoms with E-state index in [2.05, 4.69) is 4.98 Å². The molecule has 0 N–H and O–H groups in total. The van der Waals surface area contributed by atoms with Gasteiger partial charge in [0, 0.05) is 11.4 Å². The van der Waals surface area contributed by atoms with Gasteiger partial charge in [0.1, 0.15) is 0 Å². The number of nitrogens with zero attached hydrogens (tertiary/aromatic N) is 2. The van der Waals surface area contributed by atoms with Gasteiger partial charge in [-0.25, -0.2) is 4.79 Å². The van der Waals surface area contributed by atoms with Crippen LogP contribution in [0.2, 0.25) is 0 Å². The van der Waals surface area contributed by atoms with Crippen molar-refractivity contribution in [1.82, 2.24) is 10.0 Å².